The molecule has 1 aliphatic rings. The molecule has 5 amide bonds. The molecule has 0 unspecified atom stereocenters. The van der Waals surface area contributed by atoms with Gasteiger partial charge in [0.2, 0.25) is 29.5 Å². The van der Waals surface area contributed by atoms with Crippen LogP contribution >= 0.6 is 0 Å². The number of primary amides is 1. The molecule has 0 aromatic heterocycles. The molecule has 1 fully saturated rings. The molecule has 1 heterocycles. The number of rotatable bonds is 7. The average molecular weight is 355 g/mol. The molecule has 1 aliphatic heterocycles. The fraction of sp³-hybridized carbons (Fsp3) is 0.667. The summed E-state index contributed by atoms with van der Waals surface area (Å²) in [5.41, 5.74) is 5.11. The van der Waals surface area contributed by atoms with Gasteiger partial charge in [0.15, 0.2) is 0 Å². The number of nitrogens with two attached hydrogens (primary N) is 1. The summed E-state index contributed by atoms with van der Waals surface area (Å²) in [5, 5.41) is 7.31. The Morgan fingerprint density at radius 1 is 1.12 bits per heavy atom. The maximum absolute atomic E-state index is 12.3. The van der Waals surface area contributed by atoms with Crippen molar-refractivity contribution in [3.63, 3.8) is 0 Å². The van der Waals surface area contributed by atoms with E-state index in [2.05, 4.69) is 16.0 Å². The summed E-state index contributed by atoms with van der Waals surface area (Å²) in [4.78, 5) is 59.6. The molecule has 10 nitrogen and oxygen atoms in total. The standard InChI is InChI=1S/C15H25N5O5/c1-8(13(16)23)19-15(25)11-5-4-6-20(11)12(22)7-17-14(24)9(2)18-10(3)21/h8-9,11H,4-7H2,1-3H3,(H2,16,23)(H,17,24)(H,18,21)(H,19,25)/t8-,9-,11-/m0/s1. The second kappa shape index (κ2) is 9.00. The molecule has 1 saturated heterocycles. The van der Waals surface area contributed by atoms with Crippen LogP contribution in [-0.4, -0.2) is 65.7 Å². The van der Waals surface area contributed by atoms with Crippen LogP contribution in [0, 0.1) is 0 Å². The van der Waals surface area contributed by atoms with E-state index in [4.69, 9.17) is 5.73 Å². The van der Waals surface area contributed by atoms with Gasteiger partial charge in [0.25, 0.3) is 0 Å². The first-order valence-corrected chi connectivity index (χ1v) is 8.07. The van der Waals surface area contributed by atoms with E-state index in [-0.39, 0.29) is 12.5 Å². The number of hydrogen-bond acceptors (Lipinski definition) is 5. The Labute approximate surface area is 145 Å². The van der Waals surface area contributed by atoms with Crippen LogP contribution < -0.4 is 21.7 Å². The molecule has 0 aromatic carbocycles. The lowest BCUT2D eigenvalue weighted by molar-refractivity contribution is -0.139. The molecule has 0 aromatic rings. The molecular weight excluding hydrogens is 330 g/mol. The van der Waals surface area contributed by atoms with E-state index >= 15 is 0 Å². The first-order valence-electron chi connectivity index (χ1n) is 8.07. The zero-order valence-corrected chi connectivity index (χ0v) is 14.6. The Morgan fingerprint density at radius 2 is 1.76 bits per heavy atom. The maximum Gasteiger partial charge on any atom is 0.243 e. The number of nitrogens with one attached hydrogen (secondary N) is 3. The maximum atomic E-state index is 12.3. The summed E-state index contributed by atoms with van der Waals surface area (Å²) < 4.78 is 0. The van der Waals surface area contributed by atoms with Gasteiger partial charge >= 0.3 is 0 Å². The van der Waals surface area contributed by atoms with E-state index in [9.17, 15) is 24.0 Å². The summed E-state index contributed by atoms with van der Waals surface area (Å²) in [7, 11) is 0. The first kappa shape index (κ1) is 20.4. The van der Waals surface area contributed by atoms with E-state index in [0.717, 1.165) is 0 Å². The van der Waals surface area contributed by atoms with Gasteiger partial charge in [-0.3, -0.25) is 24.0 Å². The molecule has 10 heteroatoms. The highest BCUT2D eigenvalue weighted by Crippen LogP contribution is 2.17. The molecule has 0 aliphatic carbocycles. The third-order valence-corrected chi connectivity index (χ3v) is 3.89. The third kappa shape index (κ3) is 6.05. The number of nitrogens with zero attached hydrogens (tertiary/aromatic N) is 1. The van der Waals surface area contributed by atoms with Crippen LogP contribution in [0.3, 0.4) is 0 Å². The van der Waals surface area contributed by atoms with Crippen molar-refractivity contribution < 1.29 is 24.0 Å². The van der Waals surface area contributed by atoms with Crippen molar-refractivity contribution in [1.82, 2.24) is 20.9 Å². The molecule has 140 valence electrons. The summed E-state index contributed by atoms with van der Waals surface area (Å²) in [6, 6.07) is -2.29. The molecule has 0 spiro atoms. The van der Waals surface area contributed by atoms with E-state index in [0.29, 0.717) is 19.4 Å². The van der Waals surface area contributed by atoms with E-state index < -0.39 is 41.8 Å². The Balaban J connectivity index is 2.56. The molecular formula is C15H25N5O5. The van der Waals surface area contributed by atoms with Gasteiger partial charge in [0, 0.05) is 13.5 Å². The van der Waals surface area contributed by atoms with Gasteiger partial charge in [-0.1, -0.05) is 0 Å². The van der Waals surface area contributed by atoms with Crippen molar-refractivity contribution in [2.45, 2.75) is 51.7 Å². The highest BCUT2D eigenvalue weighted by Gasteiger charge is 2.35. The highest BCUT2D eigenvalue weighted by atomic mass is 16.2. The normalized spacial score (nSPS) is 18.8. The second-order valence-corrected chi connectivity index (χ2v) is 6.02. The molecule has 25 heavy (non-hydrogen) atoms. The van der Waals surface area contributed by atoms with Crippen LogP contribution in [0.2, 0.25) is 0 Å². The summed E-state index contributed by atoms with van der Waals surface area (Å²) in [6.07, 6.45) is 1.12. The van der Waals surface area contributed by atoms with Gasteiger partial charge in [0.05, 0.1) is 6.54 Å². The Kier molecular flexibility index (Phi) is 7.34. The van der Waals surface area contributed by atoms with Gasteiger partial charge in [-0.2, -0.15) is 0 Å². The van der Waals surface area contributed by atoms with Gasteiger partial charge in [-0.25, -0.2) is 0 Å². The number of carbonyl (C=O) groups is 5. The summed E-state index contributed by atoms with van der Waals surface area (Å²) >= 11 is 0. The first-order chi connectivity index (χ1) is 11.6. The van der Waals surface area contributed by atoms with Crippen LogP contribution in [-0.2, 0) is 24.0 Å². The van der Waals surface area contributed by atoms with Crippen molar-refractivity contribution >= 4 is 29.5 Å². The van der Waals surface area contributed by atoms with Crippen LogP contribution in [0.25, 0.3) is 0 Å². The van der Waals surface area contributed by atoms with Gasteiger partial charge in [-0.15, -0.1) is 0 Å². The molecule has 1 rings (SSSR count). The quantitative estimate of drug-likeness (QED) is 0.402. The zero-order chi connectivity index (χ0) is 19.1. The van der Waals surface area contributed by atoms with Crippen molar-refractivity contribution in [3.8, 4) is 0 Å². The molecule has 5 N–H and O–H groups in total. The number of likely N-dealkylation sites (tertiary alicyclic amines) is 1. The largest absolute Gasteiger partial charge is 0.368 e. The zero-order valence-electron chi connectivity index (χ0n) is 14.6. The van der Waals surface area contributed by atoms with Crippen molar-refractivity contribution in [2.75, 3.05) is 13.1 Å². The number of hydrogen-bond donors (Lipinski definition) is 4. The minimum absolute atomic E-state index is 0.280. The number of carbonyl (C=O) groups excluding carboxylic acids is 5. The minimum atomic E-state index is -0.830. The van der Waals surface area contributed by atoms with Gasteiger partial charge in [0.1, 0.15) is 18.1 Å². The predicted octanol–water partition coefficient (Wildman–Crippen LogP) is -2.39. The Bertz CT molecular complexity index is 565. The lowest BCUT2D eigenvalue weighted by Crippen LogP contribution is -2.53. The number of amides is 5. The van der Waals surface area contributed by atoms with E-state index in [1.807, 2.05) is 0 Å². The summed E-state index contributed by atoms with van der Waals surface area (Å²) in [5.74, 6) is -2.37. The SMILES string of the molecule is CC(=O)N[C@@H](C)C(=O)NCC(=O)N1CCC[C@H]1C(=O)N[C@@H](C)C(N)=O. The van der Waals surface area contributed by atoms with Crippen LogP contribution in [0.4, 0.5) is 0 Å². The van der Waals surface area contributed by atoms with Crippen LogP contribution in [0.5, 0.6) is 0 Å². The van der Waals surface area contributed by atoms with Crippen molar-refractivity contribution in [2.24, 2.45) is 5.73 Å². The molecule has 0 bridgehead atoms. The smallest absolute Gasteiger partial charge is 0.243 e. The lowest BCUT2D eigenvalue weighted by atomic mass is 10.2. The van der Waals surface area contributed by atoms with Crippen molar-refractivity contribution in [3.05, 3.63) is 0 Å². The molecule has 3 atom stereocenters. The second-order valence-electron chi connectivity index (χ2n) is 6.02. The Morgan fingerprint density at radius 3 is 2.32 bits per heavy atom. The lowest BCUT2D eigenvalue weighted by Gasteiger charge is -2.25. The monoisotopic (exact) mass is 355 g/mol. The molecule has 0 radical (unpaired) electrons. The summed E-state index contributed by atoms with van der Waals surface area (Å²) in [6.45, 7) is 4.36. The third-order valence-electron chi connectivity index (χ3n) is 3.89. The van der Waals surface area contributed by atoms with E-state index in [1.54, 1.807) is 0 Å². The predicted molar refractivity (Wildman–Crippen MR) is 87.8 cm³/mol. The fourth-order valence-corrected chi connectivity index (χ4v) is 2.51. The van der Waals surface area contributed by atoms with Crippen LogP contribution in [0.15, 0.2) is 0 Å². The van der Waals surface area contributed by atoms with Crippen molar-refractivity contribution in [1.29, 1.82) is 0 Å². The Hall–Kier alpha value is -2.65. The van der Waals surface area contributed by atoms with Crippen LogP contribution in [0.1, 0.15) is 33.6 Å². The topological polar surface area (TPSA) is 151 Å². The molecule has 0 saturated carbocycles. The highest BCUT2D eigenvalue weighted by molar-refractivity contribution is 5.94. The minimum Gasteiger partial charge on any atom is -0.368 e. The van der Waals surface area contributed by atoms with Gasteiger partial charge in [-0.05, 0) is 26.7 Å². The average Bonchev–Trinajstić information content (AvgIpc) is 3.00. The van der Waals surface area contributed by atoms with E-state index in [1.165, 1.54) is 25.7 Å². The fourth-order valence-electron chi connectivity index (χ4n) is 2.51. The van der Waals surface area contributed by atoms with Gasteiger partial charge < -0.3 is 26.6 Å².